The maximum atomic E-state index is 12.4. The molecule has 0 spiro atoms. The van der Waals surface area contributed by atoms with Crippen molar-refractivity contribution < 1.29 is 14.4 Å². The average Bonchev–Trinajstić information content (AvgIpc) is 2.67. The second-order valence-electron chi connectivity index (χ2n) is 5.54. The third kappa shape index (κ3) is 6.18. The Morgan fingerprint density at radius 1 is 1.08 bits per heavy atom. The van der Waals surface area contributed by atoms with Crippen molar-refractivity contribution in [2.45, 2.75) is 31.8 Å². The molecule has 2 aromatic rings. The SMILES string of the molecule is O=CCCCC(NC(=O)c1ccccn1)C(=O)NCc1ccccc1. The second kappa shape index (κ2) is 9.97. The number of aldehydes is 1. The number of benzene rings is 1. The van der Waals surface area contributed by atoms with Crippen LogP contribution in [0, 0.1) is 0 Å². The highest BCUT2D eigenvalue weighted by Crippen LogP contribution is 2.04. The van der Waals surface area contributed by atoms with Crippen LogP contribution in [0.2, 0.25) is 0 Å². The summed E-state index contributed by atoms with van der Waals surface area (Å²) in [6, 6.07) is 13.8. The lowest BCUT2D eigenvalue weighted by molar-refractivity contribution is -0.123. The summed E-state index contributed by atoms with van der Waals surface area (Å²) in [7, 11) is 0. The highest BCUT2D eigenvalue weighted by atomic mass is 16.2. The van der Waals surface area contributed by atoms with Crippen LogP contribution < -0.4 is 10.6 Å². The zero-order valence-electron chi connectivity index (χ0n) is 13.9. The lowest BCUT2D eigenvalue weighted by atomic mass is 10.1. The van der Waals surface area contributed by atoms with E-state index < -0.39 is 11.9 Å². The van der Waals surface area contributed by atoms with E-state index in [2.05, 4.69) is 15.6 Å². The summed E-state index contributed by atoms with van der Waals surface area (Å²) < 4.78 is 0. The van der Waals surface area contributed by atoms with E-state index in [1.165, 1.54) is 6.20 Å². The largest absolute Gasteiger partial charge is 0.350 e. The Hall–Kier alpha value is -3.02. The Balaban J connectivity index is 1.97. The van der Waals surface area contributed by atoms with Gasteiger partial charge in [0.2, 0.25) is 5.91 Å². The molecule has 1 heterocycles. The summed E-state index contributed by atoms with van der Waals surface area (Å²) in [5.41, 5.74) is 1.22. The zero-order chi connectivity index (χ0) is 17.9. The van der Waals surface area contributed by atoms with E-state index in [1.54, 1.807) is 18.2 Å². The Morgan fingerprint density at radius 3 is 2.52 bits per heavy atom. The molecule has 1 aromatic carbocycles. The average molecular weight is 339 g/mol. The first-order valence-corrected chi connectivity index (χ1v) is 8.18. The van der Waals surface area contributed by atoms with Crippen molar-refractivity contribution in [3.05, 3.63) is 66.0 Å². The van der Waals surface area contributed by atoms with Crippen LogP contribution in [0.3, 0.4) is 0 Å². The quantitative estimate of drug-likeness (QED) is 0.539. The van der Waals surface area contributed by atoms with Crippen LogP contribution >= 0.6 is 0 Å². The maximum Gasteiger partial charge on any atom is 0.270 e. The minimum absolute atomic E-state index is 0.249. The number of rotatable bonds is 9. The smallest absolute Gasteiger partial charge is 0.270 e. The Labute approximate surface area is 146 Å². The number of carbonyl (C=O) groups excluding carboxylic acids is 3. The summed E-state index contributed by atoms with van der Waals surface area (Å²) in [6.45, 7) is 0.378. The number of nitrogens with one attached hydrogen (secondary N) is 2. The van der Waals surface area contributed by atoms with Crippen LogP contribution in [0.25, 0.3) is 0 Å². The van der Waals surface area contributed by atoms with E-state index in [0.717, 1.165) is 11.8 Å². The third-order valence-corrected chi connectivity index (χ3v) is 3.64. The molecule has 0 aliphatic rings. The molecule has 1 unspecified atom stereocenters. The molecule has 2 N–H and O–H groups in total. The van der Waals surface area contributed by atoms with Gasteiger partial charge in [-0.15, -0.1) is 0 Å². The van der Waals surface area contributed by atoms with E-state index in [4.69, 9.17) is 0 Å². The number of hydrogen-bond acceptors (Lipinski definition) is 4. The fourth-order valence-corrected chi connectivity index (χ4v) is 2.31. The predicted octanol–water partition coefficient (Wildman–Crippen LogP) is 1.87. The highest BCUT2D eigenvalue weighted by Gasteiger charge is 2.21. The molecule has 2 amide bonds. The number of carbonyl (C=O) groups is 3. The predicted molar refractivity (Wildman–Crippen MR) is 93.7 cm³/mol. The van der Waals surface area contributed by atoms with Gasteiger partial charge in [0.15, 0.2) is 0 Å². The number of pyridine rings is 1. The van der Waals surface area contributed by atoms with Gasteiger partial charge in [0, 0.05) is 19.2 Å². The molecule has 1 aromatic heterocycles. The van der Waals surface area contributed by atoms with Gasteiger partial charge in [-0.05, 0) is 30.5 Å². The van der Waals surface area contributed by atoms with Gasteiger partial charge in [-0.2, -0.15) is 0 Å². The number of nitrogens with zero attached hydrogens (tertiary/aromatic N) is 1. The van der Waals surface area contributed by atoms with E-state index in [9.17, 15) is 14.4 Å². The molecule has 25 heavy (non-hydrogen) atoms. The van der Waals surface area contributed by atoms with E-state index in [-0.39, 0.29) is 11.6 Å². The topological polar surface area (TPSA) is 88.2 Å². The summed E-state index contributed by atoms with van der Waals surface area (Å²) in [5.74, 6) is -0.689. The summed E-state index contributed by atoms with van der Waals surface area (Å²) >= 11 is 0. The molecule has 6 heteroatoms. The summed E-state index contributed by atoms with van der Waals surface area (Å²) in [4.78, 5) is 39.2. The lowest BCUT2D eigenvalue weighted by Gasteiger charge is -2.18. The zero-order valence-corrected chi connectivity index (χ0v) is 13.9. The number of amides is 2. The highest BCUT2D eigenvalue weighted by molar-refractivity contribution is 5.96. The Bertz CT molecular complexity index is 690. The Morgan fingerprint density at radius 2 is 1.84 bits per heavy atom. The van der Waals surface area contributed by atoms with Gasteiger partial charge in [-0.1, -0.05) is 36.4 Å². The molecule has 2 rings (SSSR count). The van der Waals surface area contributed by atoms with Gasteiger partial charge in [0.05, 0.1) is 0 Å². The van der Waals surface area contributed by atoms with Crippen LogP contribution in [-0.4, -0.2) is 29.1 Å². The molecule has 0 bridgehead atoms. The van der Waals surface area contributed by atoms with E-state index in [1.807, 2.05) is 30.3 Å². The summed E-state index contributed by atoms with van der Waals surface area (Å²) in [5, 5.41) is 5.52. The van der Waals surface area contributed by atoms with E-state index in [0.29, 0.717) is 25.8 Å². The first kappa shape index (κ1) is 18.3. The van der Waals surface area contributed by atoms with Gasteiger partial charge >= 0.3 is 0 Å². The van der Waals surface area contributed by atoms with E-state index >= 15 is 0 Å². The Kier molecular flexibility index (Phi) is 7.31. The first-order chi connectivity index (χ1) is 12.2. The monoisotopic (exact) mass is 339 g/mol. The lowest BCUT2D eigenvalue weighted by Crippen LogP contribution is -2.46. The molecule has 0 radical (unpaired) electrons. The van der Waals surface area contributed by atoms with Gasteiger partial charge in [0.1, 0.15) is 18.0 Å². The van der Waals surface area contributed by atoms with Crippen molar-refractivity contribution >= 4 is 18.1 Å². The molecule has 0 saturated carbocycles. The minimum Gasteiger partial charge on any atom is -0.350 e. The van der Waals surface area contributed by atoms with Crippen molar-refractivity contribution in [1.82, 2.24) is 15.6 Å². The van der Waals surface area contributed by atoms with Crippen LogP contribution in [0.1, 0.15) is 35.3 Å². The number of aromatic nitrogens is 1. The molecule has 1 atom stereocenters. The van der Waals surface area contributed by atoms with Gasteiger partial charge in [0.25, 0.3) is 5.91 Å². The van der Waals surface area contributed by atoms with Crippen molar-refractivity contribution in [3.8, 4) is 0 Å². The molecular formula is C19H21N3O3. The molecule has 0 aliphatic heterocycles. The van der Waals surface area contributed by atoms with Gasteiger partial charge in [-0.25, -0.2) is 0 Å². The van der Waals surface area contributed by atoms with Gasteiger partial charge < -0.3 is 15.4 Å². The fraction of sp³-hybridized carbons (Fsp3) is 0.263. The number of hydrogen-bond donors (Lipinski definition) is 2. The molecule has 6 nitrogen and oxygen atoms in total. The first-order valence-electron chi connectivity index (χ1n) is 8.18. The minimum atomic E-state index is -0.710. The van der Waals surface area contributed by atoms with Crippen LogP contribution in [0.15, 0.2) is 54.7 Å². The van der Waals surface area contributed by atoms with Gasteiger partial charge in [-0.3, -0.25) is 14.6 Å². The van der Waals surface area contributed by atoms with Crippen LogP contribution in [0.5, 0.6) is 0 Å². The molecule has 130 valence electrons. The molecule has 0 fully saturated rings. The van der Waals surface area contributed by atoms with Crippen LogP contribution in [-0.2, 0) is 16.1 Å². The van der Waals surface area contributed by atoms with Crippen molar-refractivity contribution in [2.24, 2.45) is 0 Å². The standard InChI is InChI=1S/C19H21N3O3/c23-13-7-5-11-17(22-19(25)16-10-4-6-12-20-16)18(24)21-14-15-8-2-1-3-9-15/h1-4,6,8-10,12-13,17H,5,7,11,14H2,(H,21,24)(H,22,25). The maximum absolute atomic E-state index is 12.4. The van der Waals surface area contributed by atoms with Crippen molar-refractivity contribution in [1.29, 1.82) is 0 Å². The summed E-state index contributed by atoms with van der Waals surface area (Å²) in [6.07, 6.45) is 3.58. The molecule has 0 saturated heterocycles. The normalized spacial score (nSPS) is 11.4. The molecule has 0 aliphatic carbocycles. The van der Waals surface area contributed by atoms with Crippen LogP contribution in [0.4, 0.5) is 0 Å². The van der Waals surface area contributed by atoms with Crippen molar-refractivity contribution in [3.63, 3.8) is 0 Å². The molecular weight excluding hydrogens is 318 g/mol. The third-order valence-electron chi connectivity index (χ3n) is 3.64. The second-order valence-corrected chi connectivity index (χ2v) is 5.54. The van der Waals surface area contributed by atoms with Crippen molar-refractivity contribution in [2.75, 3.05) is 0 Å². The fourth-order valence-electron chi connectivity index (χ4n) is 2.31. The number of unbranched alkanes of at least 4 members (excludes halogenated alkanes) is 1.